The number of halogens is 1. The summed E-state index contributed by atoms with van der Waals surface area (Å²) in [6.45, 7) is 2.08. The number of esters is 1. The third-order valence-corrected chi connectivity index (χ3v) is 2.42. The molecule has 0 atom stereocenters. The van der Waals surface area contributed by atoms with E-state index in [0.717, 1.165) is 5.69 Å². The maximum Gasteiger partial charge on any atom is 0.330 e. The van der Waals surface area contributed by atoms with Crippen LogP contribution in [0.15, 0.2) is 42.6 Å². The summed E-state index contributed by atoms with van der Waals surface area (Å²) in [6.07, 6.45) is 4.54. The molecular weight excluding hydrogens is 247 g/mol. The second-order valence-electron chi connectivity index (χ2n) is 3.73. The molecule has 5 heteroatoms. The van der Waals surface area contributed by atoms with Crippen LogP contribution in [0, 0.1) is 5.82 Å². The SMILES string of the molecule is CCOC(=O)/C=C/c1ccnn1-c1ccc(F)cc1. The summed E-state index contributed by atoms with van der Waals surface area (Å²) in [7, 11) is 0. The molecule has 98 valence electrons. The number of benzene rings is 1. The van der Waals surface area contributed by atoms with Crippen LogP contribution in [0.1, 0.15) is 12.6 Å². The van der Waals surface area contributed by atoms with Gasteiger partial charge < -0.3 is 4.74 Å². The Hall–Kier alpha value is -2.43. The van der Waals surface area contributed by atoms with Crippen LogP contribution >= 0.6 is 0 Å². The zero-order valence-corrected chi connectivity index (χ0v) is 10.4. The number of nitrogens with zero attached hydrogens (tertiary/aromatic N) is 2. The van der Waals surface area contributed by atoms with E-state index in [4.69, 9.17) is 4.74 Å². The maximum absolute atomic E-state index is 12.9. The van der Waals surface area contributed by atoms with Crippen molar-refractivity contribution in [2.24, 2.45) is 0 Å². The van der Waals surface area contributed by atoms with Crippen molar-refractivity contribution < 1.29 is 13.9 Å². The Bertz CT molecular complexity index is 588. The second-order valence-corrected chi connectivity index (χ2v) is 3.73. The monoisotopic (exact) mass is 260 g/mol. The highest BCUT2D eigenvalue weighted by Crippen LogP contribution is 2.12. The Morgan fingerprint density at radius 3 is 2.79 bits per heavy atom. The van der Waals surface area contributed by atoms with Gasteiger partial charge in [-0.05, 0) is 43.3 Å². The Morgan fingerprint density at radius 2 is 2.11 bits per heavy atom. The molecule has 0 aliphatic carbocycles. The molecule has 0 saturated carbocycles. The van der Waals surface area contributed by atoms with Crippen molar-refractivity contribution in [3.63, 3.8) is 0 Å². The van der Waals surface area contributed by atoms with Crippen molar-refractivity contribution in [3.8, 4) is 5.69 Å². The molecular formula is C14H13FN2O2. The normalized spacial score (nSPS) is 10.8. The Morgan fingerprint density at radius 1 is 1.37 bits per heavy atom. The lowest BCUT2D eigenvalue weighted by molar-refractivity contribution is -0.137. The minimum Gasteiger partial charge on any atom is -0.463 e. The lowest BCUT2D eigenvalue weighted by Crippen LogP contribution is -2.01. The van der Waals surface area contributed by atoms with Crippen LogP contribution in [0.5, 0.6) is 0 Å². The predicted molar refractivity (Wildman–Crippen MR) is 69.2 cm³/mol. The van der Waals surface area contributed by atoms with Gasteiger partial charge in [-0.3, -0.25) is 0 Å². The second kappa shape index (κ2) is 5.95. The highest BCUT2D eigenvalue weighted by atomic mass is 19.1. The van der Waals surface area contributed by atoms with Crippen LogP contribution in [0.3, 0.4) is 0 Å². The van der Waals surface area contributed by atoms with Crippen LogP contribution in [0.25, 0.3) is 11.8 Å². The highest BCUT2D eigenvalue weighted by molar-refractivity contribution is 5.86. The quantitative estimate of drug-likeness (QED) is 0.627. The van der Waals surface area contributed by atoms with Crippen LogP contribution in [-0.4, -0.2) is 22.4 Å². The first-order valence-corrected chi connectivity index (χ1v) is 5.85. The van der Waals surface area contributed by atoms with Crippen LogP contribution in [0.4, 0.5) is 4.39 Å². The van der Waals surface area contributed by atoms with E-state index in [-0.39, 0.29) is 5.82 Å². The van der Waals surface area contributed by atoms with E-state index < -0.39 is 5.97 Å². The number of hydrogen-bond acceptors (Lipinski definition) is 3. The molecule has 0 saturated heterocycles. The molecule has 0 N–H and O–H groups in total. The van der Waals surface area contributed by atoms with Crippen LogP contribution in [0.2, 0.25) is 0 Å². The van der Waals surface area contributed by atoms with E-state index in [9.17, 15) is 9.18 Å². The summed E-state index contributed by atoms with van der Waals surface area (Å²) >= 11 is 0. The van der Waals surface area contributed by atoms with Gasteiger partial charge in [0.15, 0.2) is 0 Å². The van der Waals surface area contributed by atoms with E-state index in [2.05, 4.69) is 5.10 Å². The van der Waals surface area contributed by atoms with Gasteiger partial charge in [0.05, 0.1) is 24.2 Å². The lowest BCUT2D eigenvalue weighted by Gasteiger charge is -2.04. The van der Waals surface area contributed by atoms with Gasteiger partial charge in [0, 0.05) is 6.08 Å². The summed E-state index contributed by atoms with van der Waals surface area (Å²) in [5, 5.41) is 4.13. The minimum atomic E-state index is -0.408. The first-order chi connectivity index (χ1) is 9.20. The van der Waals surface area contributed by atoms with Crippen LogP contribution in [-0.2, 0) is 9.53 Å². The molecule has 4 nitrogen and oxygen atoms in total. The van der Waals surface area contributed by atoms with Gasteiger partial charge in [-0.25, -0.2) is 13.9 Å². The van der Waals surface area contributed by atoms with Crippen molar-refractivity contribution in [3.05, 3.63) is 54.1 Å². The standard InChI is InChI=1S/C14H13FN2O2/c1-2-19-14(18)8-7-13-9-10-16-17(13)12-5-3-11(15)4-6-12/h3-10H,2H2,1H3/b8-7+. The van der Waals surface area contributed by atoms with Gasteiger partial charge >= 0.3 is 5.97 Å². The molecule has 19 heavy (non-hydrogen) atoms. The maximum atomic E-state index is 12.9. The smallest absolute Gasteiger partial charge is 0.330 e. The van der Waals surface area contributed by atoms with Crippen molar-refractivity contribution in [1.82, 2.24) is 9.78 Å². The largest absolute Gasteiger partial charge is 0.463 e. The fourth-order valence-corrected chi connectivity index (χ4v) is 1.58. The van der Waals surface area contributed by atoms with Crippen molar-refractivity contribution in [2.45, 2.75) is 6.92 Å². The molecule has 1 aromatic carbocycles. The molecule has 2 rings (SSSR count). The number of hydrogen-bond donors (Lipinski definition) is 0. The molecule has 0 aliphatic heterocycles. The summed E-state index contributed by atoms with van der Waals surface area (Å²) in [6, 6.07) is 7.69. The third kappa shape index (κ3) is 3.28. The van der Waals surface area contributed by atoms with Gasteiger partial charge in [-0.2, -0.15) is 5.10 Å². The van der Waals surface area contributed by atoms with Crippen molar-refractivity contribution in [2.75, 3.05) is 6.61 Å². The first-order valence-electron chi connectivity index (χ1n) is 5.85. The predicted octanol–water partition coefficient (Wildman–Crippen LogP) is 2.59. The van der Waals surface area contributed by atoms with Gasteiger partial charge in [0.2, 0.25) is 0 Å². The Labute approximate surface area is 110 Å². The van der Waals surface area contributed by atoms with Gasteiger partial charge in [-0.15, -0.1) is 0 Å². The van der Waals surface area contributed by atoms with Crippen LogP contribution < -0.4 is 0 Å². The third-order valence-electron chi connectivity index (χ3n) is 2.42. The Kier molecular flexibility index (Phi) is 4.07. The number of carbonyl (C=O) groups is 1. The van der Waals surface area contributed by atoms with E-state index in [1.54, 1.807) is 42.1 Å². The molecule has 1 heterocycles. The summed E-state index contributed by atoms with van der Waals surface area (Å²) < 4.78 is 19.3. The van der Waals surface area contributed by atoms with Gasteiger partial charge in [0.25, 0.3) is 0 Å². The lowest BCUT2D eigenvalue weighted by atomic mass is 10.3. The average Bonchev–Trinajstić information content (AvgIpc) is 2.86. The summed E-state index contributed by atoms with van der Waals surface area (Å²) in [5.41, 5.74) is 1.43. The molecule has 0 fully saturated rings. The molecule has 1 aromatic heterocycles. The molecule has 0 amide bonds. The van der Waals surface area contributed by atoms with Gasteiger partial charge in [0.1, 0.15) is 5.82 Å². The molecule has 2 aromatic rings. The summed E-state index contributed by atoms with van der Waals surface area (Å²) in [4.78, 5) is 11.2. The average molecular weight is 260 g/mol. The molecule has 0 bridgehead atoms. The number of aromatic nitrogens is 2. The first kappa shape index (κ1) is 13.0. The molecule has 0 unspecified atom stereocenters. The van der Waals surface area contributed by atoms with Gasteiger partial charge in [-0.1, -0.05) is 0 Å². The molecule has 0 radical (unpaired) electrons. The number of ether oxygens (including phenoxy) is 1. The minimum absolute atomic E-state index is 0.306. The fraction of sp³-hybridized carbons (Fsp3) is 0.143. The van der Waals surface area contributed by atoms with Crippen molar-refractivity contribution in [1.29, 1.82) is 0 Å². The Balaban J connectivity index is 2.22. The zero-order valence-electron chi connectivity index (χ0n) is 10.4. The van der Waals surface area contributed by atoms with E-state index in [1.807, 2.05) is 0 Å². The number of carbonyl (C=O) groups excluding carboxylic acids is 1. The number of rotatable bonds is 4. The van der Waals surface area contributed by atoms with E-state index >= 15 is 0 Å². The van der Waals surface area contributed by atoms with E-state index in [1.165, 1.54) is 18.2 Å². The zero-order chi connectivity index (χ0) is 13.7. The summed E-state index contributed by atoms with van der Waals surface area (Å²) in [5.74, 6) is -0.714. The van der Waals surface area contributed by atoms with Crippen molar-refractivity contribution >= 4 is 12.0 Å². The molecule has 0 aliphatic rings. The fourth-order valence-electron chi connectivity index (χ4n) is 1.58. The highest BCUT2D eigenvalue weighted by Gasteiger charge is 2.03. The van der Waals surface area contributed by atoms with E-state index in [0.29, 0.717) is 12.3 Å². The topological polar surface area (TPSA) is 44.1 Å². The molecule has 0 spiro atoms.